The number of fused-ring (bicyclic) bond motifs is 1. The normalized spacial score (nSPS) is 15.3. The van der Waals surface area contributed by atoms with Crippen LogP contribution in [0.25, 0.3) is 0 Å². The number of thiophene rings is 1. The minimum atomic E-state index is 0.598. The summed E-state index contributed by atoms with van der Waals surface area (Å²) in [5.41, 5.74) is 1.64. The molecule has 1 nitrogen and oxygen atoms in total. The smallest absolute Gasteiger partial charge is 0.0412 e. The maximum Gasteiger partial charge on any atom is 0.0412 e. The molecule has 1 atom stereocenters. The van der Waals surface area contributed by atoms with Gasteiger partial charge in [-0.3, -0.25) is 0 Å². The van der Waals surface area contributed by atoms with E-state index in [1.54, 1.807) is 15.3 Å². The molecule has 0 saturated carbocycles. The Kier molecular flexibility index (Phi) is 7.81. The summed E-state index contributed by atoms with van der Waals surface area (Å²) < 4.78 is 0. The maximum absolute atomic E-state index is 3.54. The van der Waals surface area contributed by atoms with Gasteiger partial charge in [0, 0.05) is 15.8 Å². The van der Waals surface area contributed by atoms with Gasteiger partial charge in [-0.1, -0.05) is 58.3 Å². The average Bonchev–Trinajstić information content (AvgIpc) is 3.07. The first kappa shape index (κ1) is 17.0. The monoisotopic (exact) mass is 307 g/mol. The van der Waals surface area contributed by atoms with E-state index in [-0.39, 0.29) is 0 Å². The van der Waals surface area contributed by atoms with Crippen molar-refractivity contribution in [3.05, 3.63) is 21.4 Å². The van der Waals surface area contributed by atoms with Crippen LogP contribution in [0.5, 0.6) is 0 Å². The summed E-state index contributed by atoms with van der Waals surface area (Å²) >= 11 is 2.07. The molecule has 21 heavy (non-hydrogen) atoms. The Labute approximate surface area is 135 Å². The van der Waals surface area contributed by atoms with Crippen molar-refractivity contribution in [2.45, 2.75) is 90.0 Å². The van der Waals surface area contributed by atoms with Crippen LogP contribution >= 0.6 is 11.3 Å². The van der Waals surface area contributed by atoms with Gasteiger partial charge in [0.25, 0.3) is 0 Å². The van der Waals surface area contributed by atoms with Gasteiger partial charge in [0.15, 0.2) is 0 Å². The van der Waals surface area contributed by atoms with Crippen LogP contribution in [-0.2, 0) is 12.8 Å². The average molecular weight is 308 g/mol. The Morgan fingerprint density at radius 1 is 1.05 bits per heavy atom. The second-order valence-corrected chi connectivity index (χ2v) is 7.72. The van der Waals surface area contributed by atoms with Crippen LogP contribution in [0.2, 0.25) is 0 Å². The van der Waals surface area contributed by atoms with Crippen molar-refractivity contribution in [2.75, 3.05) is 7.05 Å². The van der Waals surface area contributed by atoms with E-state index in [1.807, 2.05) is 0 Å². The second-order valence-electron chi connectivity index (χ2n) is 6.56. The minimum Gasteiger partial charge on any atom is -0.312 e. The van der Waals surface area contributed by atoms with Gasteiger partial charge in [-0.05, 0) is 44.4 Å². The van der Waals surface area contributed by atoms with Gasteiger partial charge in [-0.15, -0.1) is 11.3 Å². The number of hydrogen-bond acceptors (Lipinski definition) is 2. The molecular weight excluding hydrogens is 274 g/mol. The van der Waals surface area contributed by atoms with Crippen LogP contribution in [0.15, 0.2) is 6.07 Å². The highest BCUT2D eigenvalue weighted by molar-refractivity contribution is 7.12. The Balaban J connectivity index is 1.61. The van der Waals surface area contributed by atoms with Crippen molar-refractivity contribution >= 4 is 11.3 Å². The zero-order valence-corrected chi connectivity index (χ0v) is 14.9. The number of rotatable bonds is 11. The largest absolute Gasteiger partial charge is 0.312 e. The van der Waals surface area contributed by atoms with Crippen molar-refractivity contribution in [3.8, 4) is 0 Å². The van der Waals surface area contributed by atoms with Gasteiger partial charge in [0.1, 0.15) is 0 Å². The SMILES string of the molecule is CCCCCCCCCCC(NC)c1cc2c(s1)CCC2. The summed E-state index contributed by atoms with van der Waals surface area (Å²) in [6.07, 6.45) is 16.7. The third kappa shape index (κ3) is 5.41. The molecule has 1 N–H and O–H groups in total. The van der Waals surface area contributed by atoms with Gasteiger partial charge >= 0.3 is 0 Å². The molecule has 0 spiro atoms. The predicted molar refractivity (Wildman–Crippen MR) is 95.4 cm³/mol. The van der Waals surface area contributed by atoms with Crippen LogP contribution in [0.1, 0.15) is 92.5 Å². The van der Waals surface area contributed by atoms with E-state index >= 15 is 0 Å². The quantitative estimate of drug-likeness (QED) is 0.492. The lowest BCUT2D eigenvalue weighted by molar-refractivity contribution is 0.499. The molecule has 120 valence electrons. The molecule has 1 aliphatic carbocycles. The lowest BCUT2D eigenvalue weighted by Crippen LogP contribution is -2.15. The maximum atomic E-state index is 3.54. The molecule has 1 aromatic heterocycles. The van der Waals surface area contributed by atoms with Crippen molar-refractivity contribution in [1.29, 1.82) is 0 Å². The molecule has 0 aromatic carbocycles. The molecule has 1 unspecified atom stereocenters. The fourth-order valence-corrected chi connectivity index (χ4v) is 4.84. The van der Waals surface area contributed by atoms with Crippen LogP contribution in [0.3, 0.4) is 0 Å². The molecule has 0 aliphatic heterocycles. The van der Waals surface area contributed by atoms with Crippen molar-refractivity contribution in [3.63, 3.8) is 0 Å². The van der Waals surface area contributed by atoms with E-state index in [4.69, 9.17) is 0 Å². The molecule has 0 bridgehead atoms. The van der Waals surface area contributed by atoms with E-state index in [2.05, 4.69) is 36.7 Å². The second kappa shape index (κ2) is 9.63. The summed E-state index contributed by atoms with van der Waals surface area (Å²) in [5, 5.41) is 3.54. The molecule has 1 heterocycles. The summed E-state index contributed by atoms with van der Waals surface area (Å²) in [5.74, 6) is 0. The molecule has 0 amide bonds. The van der Waals surface area contributed by atoms with Gasteiger partial charge in [0.05, 0.1) is 0 Å². The van der Waals surface area contributed by atoms with Crippen molar-refractivity contribution < 1.29 is 0 Å². The number of hydrogen-bond donors (Lipinski definition) is 1. The van der Waals surface area contributed by atoms with Crippen LogP contribution in [0, 0.1) is 0 Å². The van der Waals surface area contributed by atoms with Crippen LogP contribution < -0.4 is 5.32 Å². The molecule has 1 aliphatic rings. The Bertz CT molecular complexity index is 375. The van der Waals surface area contributed by atoms with Crippen molar-refractivity contribution in [2.24, 2.45) is 0 Å². The Morgan fingerprint density at radius 2 is 1.76 bits per heavy atom. The number of nitrogens with one attached hydrogen (secondary N) is 1. The summed E-state index contributed by atoms with van der Waals surface area (Å²) in [7, 11) is 2.13. The fraction of sp³-hybridized carbons (Fsp3) is 0.789. The standard InChI is InChI=1S/C19H33NS/c1-3-4-5-6-7-8-9-10-13-17(20-2)19-15-16-12-11-14-18(16)21-19/h15,17,20H,3-14H2,1-2H3. The molecule has 1 aromatic rings. The molecule has 0 fully saturated rings. The summed E-state index contributed by atoms with van der Waals surface area (Å²) in [6, 6.07) is 3.08. The predicted octanol–water partition coefficient (Wildman–Crippen LogP) is 6.03. The molecule has 2 rings (SSSR count). The summed E-state index contributed by atoms with van der Waals surface area (Å²) in [6.45, 7) is 2.29. The van der Waals surface area contributed by atoms with Gasteiger partial charge < -0.3 is 5.32 Å². The van der Waals surface area contributed by atoms with E-state index in [0.717, 1.165) is 0 Å². The van der Waals surface area contributed by atoms with E-state index in [1.165, 1.54) is 77.0 Å². The first-order valence-corrected chi connectivity index (χ1v) is 9.95. The van der Waals surface area contributed by atoms with Gasteiger partial charge in [0.2, 0.25) is 0 Å². The van der Waals surface area contributed by atoms with Crippen molar-refractivity contribution in [1.82, 2.24) is 5.32 Å². The van der Waals surface area contributed by atoms with Crippen LogP contribution in [0.4, 0.5) is 0 Å². The third-order valence-electron chi connectivity index (χ3n) is 4.80. The van der Waals surface area contributed by atoms with Gasteiger partial charge in [-0.2, -0.15) is 0 Å². The van der Waals surface area contributed by atoms with E-state index in [0.29, 0.717) is 6.04 Å². The molecule has 2 heteroatoms. The number of unbranched alkanes of at least 4 members (excludes halogenated alkanes) is 7. The topological polar surface area (TPSA) is 12.0 Å². The molecule has 0 radical (unpaired) electrons. The fourth-order valence-electron chi connectivity index (χ4n) is 3.43. The van der Waals surface area contributed by atoms with Gasteiger partial charge in [-0.25, -0.2) is 0 Å². The third-order valence-corrected chi connectivity index (χ3v) is 6.15. The van der Waals surface area contributed by atoms with E-state index in [9.17, 15) is 0 Å². The molecule has 0 saturated heterocycles. The summed E-state index contributed by atoms with van der Waals surface area (Å²) in [4.78, 5) is 3.26. The molecular formula is C19H33NS. The zero-order chi connectivity index (χ0) is 14.9. The van der Waals surface area contributed by atoms with Crippen LogP contribution in [-0.4, -0.2) is 7.05 Å². The highest BCUT2D eigenvalue weighted by Crippen LogP contribution is 2.35. The van der Waals surface area contributed by atoms with E-state index < -0.39 is 0 Å². The Morgan fingerprint density at radius 3 is 2.43 bits per heavy atom. The minimum absolute atomic E-state index is 0.598. The first-order chi connectivity index (χ1) is 10.3. The zero-order valence-electron chi connectivity index (χ0n) is 14.0. The Hall–Kier alpha value is -0.340. The lowest BCUT2D eigenvalue weighted by Gasteiger charge is -2.14. The highest BCUT2D eigenvalue weighted by Gasteiger charge is 2.18. The highest BCUT2D eigenvalue weighted by atomic mass is 32.1. The number of aryl methyl sites for hydroxylation is 2. The first-order valence-electron chi connectivity index (χ1n) is 9.14. The lowest BCUT2D eigenvalue weighted by atomic mass is 10.0.